The maximum Gasteiger partial charge on any atom is 0.146 e. The van der Waals surface area contributed by atoms with Gasteiger partial charge in [0.05, 0.1) is 7.11 Å². The molecule has 1 aliphatic carbocycles. The molecule has 3 nitrogen and oxygen atoms in total. The van der Waals surface area contributed by atoms with E-state index in [1.165, 1.54) is 0 Å². The lowest BCUT2D eigenvalue weighted by atomic mass is 9.89. The molecule has 2 aromatic carbocycles. The molecule has 0 heterocycles. The first-order chi connectivity index (χ1) is 10.2. The van der Waals surface area contributed by atoms with Gasteiger partial charge in [-0.05, 0) is 23.3 Å². The fraction of sp³-hybridized carbons (Fsp3) is 0.222. The van der Waals surface area contributed by atoms with Crippen LogP contribution in [0.5, 0.6) is 5.75 Å². The number of nitrogens with one attached hydrogen (secondary N) is 1. The van der Waals surface area contributed by atoms with E-state index in [0.717, 1.165) is 22.4 Å². The number of aliphatic hydroxyl groups is 1. The van der Waals surface area contributed by atoms with Crippen LogP contribution in [-0.4, -0.2) is 12.2 Å². The van der Waals surface area contributed by atoms with Crippen molar-refractivity contribution in [2.45, 2.75) is 18.7 Å². The van der Waals surface area contributed by atoms with Crippen molar-refractivity contribution in [3.05, 3.63) is 71.3 Å². The topological polar surface area (TPSA) is 41.5 Å². The monoisotopic (exact) mass is 281 g/mol. The van der Waals surface area contributed by atoms with Gasteiger partial charge in [-0.1, -0.05) is 48.6 Å². The van der Waals surface area contributed by atoms with E-state index < -0.39 is 5.72 Å². The first-order valence-corrected chi connectivity index (χ1v) is 7.08. The second-order valence-electron chi connectivity index (χ2n) is 5.26. The molecule has 0 fully saturated rings. The molecular weight excluding hydrogens is 262 g/mol. The molecule has 0 bridgehead atoms. The Morgan fingerprint density at radius 2 is 1.90 bits per heavy atom. The van der Waals surface area contributed by atoms with Gasteiger partial charge in [-0.25, -0.2) is 0 Å². The number of ether oxygens (including phenoxy) is 1. The van der Waals surface area contributed by atoms with Crippen molar-refractivity contribution < 1.29 is 9.84 Å². The largest absolute Gasteiger partial charge is 0.497 e. The van der Waals surface area contributed by atoms with Crippen LogP contribution in [0.15, 0.2) is 54.6 Å². The van der Waals surface area contributed by atoms with Crippen molar-refractivity contribution in [1.29, 1.82) is 0 Å². The minimum absolute atomic E-state index is 0.570. The Morgan fingerprint density at radius 3 is 2.67 bits per heavy atom. The van der Waals surface area contributed by atoms with Crippen LogP contribution in [0.4, 0.5) is 0 Å². The highest BCUT2D eigenvalue weighted by Crippen LogP contribution is 2.31. The van der Waals surface area contributed by atoms with Crippen molar-refractivity contribution in [3.8, 4) is 5.75 Å². The zero-order valence-corrected chi connectivity index (χ0v) is 12.0. The molecule has 1 aliphatic rings. The average molecular weight is 281 g/mol. The first kappa shape index (κ1) is 13.9. The van der Waals surface area contributed by atoms with Crippen molar-refractivity contribution in [3.63, 3.8) is 0 Å². The lowest BCUT2D eigenvalue weighted by Gasteiger charge is -2.32. The fourth-order valence-electron chi connectivity index (χ4n) is 2.64. The number of methoxy groups -OCH3 is 1. The quantitative estimate of drug-likeness (QED) is 0.846. The first-order valence-electron chi connectivity index (χ1n) is 7.08. The second kappa shape index (κ2) is 5.72. The summed E-state index contributed by atoms with van der Waals surface area (Å²) in [5.41, 5.74) is 2.09. The van der Waals surface area contributed by atoms with Gasteiger partial charge < -0.3 is 9.84 Å². The number of hydrogen-bond donors (Lipinski definition) is 2. The summed E-state index contributed by atoms with van der Waals surface area (Å²) in [6, 6.07) is 15.8. The van der Waals surface area contributed by atoms with E-state index in [0.29, 0.717) is 13.0 Å². The van der Waals surface area contributed by atoms with Gasteiger partial charge in [0.25, 0.3) is 0 Å². The zero-order chi connectivity index (χ0) is 14.7. The van der Waals surface area contributed by atoms with Gasteiger partial charge in [-0.15, -0.1) is 0 Å². The molecule has 0 aliphatic heterocycles. The van der Waals surface area contributed by atoms with Crippen LogP contribution < -0.4 is 10.1 Å². The molecule has 21 heavy (non-hydrogen) atoms. The SMILES string of the molecule is COc1ccc(CNC2(O)CC=Cc3ccccc32)cc1. The molecule has 1 atom stereocenters. The molecule has 0 amide bonds. The van der Waals surface area contributed by atoms with Crippen molar-refractivity contribution in [1.82, 2.24) is 5.32 Å². The Labute approximate surface area is 124 Å². The summed E-state index contributed by atoms with van der Waals surface area (Å²) in [4.78, 5) is 0. The molecule has 2 N–H and O–H groups in total. The molecule has 0 radical (unpaired) electrons. The van der Waals surface area contributed by atoms with Crippen LogP contribution in [0, 0.1) is 0 Å². The molecule has 1 unspecified atom stereocenters. The summed E-state index contributed by atoms with van der Waals surface area (Å²) in [6.45, 7) is 0.600. The predicted molar refractivity (Wildman–Crippen MR) is 83.8 cm³/mol. The molecule has 0 saturated carbocycles. The van der Waals surface area contributed by atoms with Gasteiger partial charge in [-0.2, -0.15) is 0 Å². The average Bonchev–Trinajstić information content (AvgIpc) is 2.54. The fourth-order valence-corrected chi connectivity index (χ4v) is 2.64. The third-order valence-electron chi connectivity index (χ3n) is 3.86. The molecule has 2 aromatic rings. The molecule has 3 rings (SSSR count). The van der Waals surface area contributed by atoms with Crippen molar-refractivity contribution in [2.75, 3.05) is 7.11 Å². The molecule has 0 saturated heterocycles. The minimum atomic E-state index is -1.01. The Morgan fingerprint density at radius 1 is 1.14 bits per heavy atom. The number of hydrogen-bond acceptors (Lipinski definition) is 3. The smallest absolute Gasteiger partial charge is 0.146 e. The Hall–Kier alpha value is -2.10. The van der Waals surface area contributed by atoms with Gasteiger partial charge >= 0.3 is 0 Å². The normalized spacial score (nSPS) is 20.1. The van der Waals surface area contributed by atoms with Crippen LogP contribution in [0.2, 0.25) is 0 Å². The Balaban J connectivity index is 1.76. The maximum atomic E-state index is 10.9. The third-order valence-corrected chi connectivity index (χ3v) is 3.86. The second-order valence-corrected chi connectivity index (χ2v) is 5.26. The van der Waals surface area contributed by atoms with Crippen LogP contribution >= 0.6 is 0 Å². The van der Waals surface area contributed by atoms with Crippen LogP contribution in [0.1, 0.15) is 23.1 Å². The number of benzene rings is 2. The van der Waals surface area contributed by atoms with E-state index in [9.17, 15) is 5.11 Å². The van der Waals surface area contributed by atoms with Crippen molar-refractivity contribution in [2.24, 2.45) is 0 Å². The zero-order valence-electron chi connectivity index (χ0n) is 12.0. The van der Waals surface area contributed by atoms with Gasteiger partial charge in [0.15, 0.2) is 0 Å². The van der Waals surface area contributed by atoms with E-state index >= 15 is 0 Å². The lowest BCUT2D eigenvalue weighted by Crippen LogP contribution is -2.42. The summed E-state index contributed by atoms with van der Waals surface area (Å²) < 4.78 is 5.15. The van der Waals surface area contributed by atoms with E-state index in [-0.39, 0.29) is 0 Å². The summed E-state index contributed by atoms with van der Waals surface area (Å²) >= 11 is 0. The highest BCUT2D eigenvalue weighted by Gasteiger charge is 2.31. The lowest BCUT2D eigenvalue weighted by molar-refractivity contribution is -0.000126. The predicted octanol–water partition coefficient (Wildman–Crippen LogP) is 3.05. The number of rotatable bonds is 4. The molecule has 0 spiro atoms. The highest BCUT2D eigenvalue weighted by molar-refractivity contribution is 5.58. The maximum absolute atomic E-state index is 10.9. The van der Waals surface area contributed by atoms with E-state index in [1.54, 1.807) is 7.11 Å². The van der Waals surface area contributed by atoms with E-state index in [1.807, 2.05) is 54.6 Å². The van der Waals surface area contributed by atoms with Crippen LogP contribution in [0.25, 0.3) is 6.08 Å². The number of fused-ring (bicyclic) bond motifs is 1. The van der Waals surface area contributed by atoms with Crippen LogP contribution in [0.3, 0.4) is 0 Å². The van der Waals surface area contributed by atoms with E-state index in [4.69, 9.17) is 4.74 Å². The van der Waals surface area contributed by atoms with Gasteiger partial charge in [-0.3, -0.25) is 5.32 Å². The minimum Gasteiger partial charge on any atom is -0.497 e. The molecule has 3 heteroatoms. The Kier molecular flexibility index (Phi) is 3.78. The standard InChI is InChI=1S/C18H19NO2/c1-21-16-10-8-14(9-11-16)13-19-18(20)12-4-6-15-5-2-3-7-17(15)18/h2-11,19-20H,12-13H2,1H3. The summed E-state index contributed by atoms with van der Waals surface area (Å²) in [7, 11) is 1.65. The molecular formula is C18H19NO2. The highest BCUT2D eigenvalue weighted by atomic mass is 16.5. The summed E-state index contributed by atoms with van der Waals surface area (Å²) in [6.07, 6.45) is 4.63. The van der Waals surface area contributed by atoms with E-state index in [2.05, 4.69) is 11.4 Å². The van der Waals surface area contributed by atoms with Gasteiger partial charge in [0.1, 0.15) is 11.5 Å². The summed E-state index contributed by atoms with van der Waals surface area (Å²) in [5, 5.41) is 14.2. The molecule has 0 aromatic heterocycles. The third kappa shape index (κ3) is 2.84. The van der Waals surface area contributed by atoms with Crippen LogP contribution in [-0.2, 0) is 12.3 Å². The van der Waals surface area contributed by atoms with Gasteiger partial charge in [0, 0.05) is 18.5 Å². The van der Waals surface area contributed by atoms with Crippen molar-refractivity contribution >= 4 is 6.08 Å². The molecule has 108 valence electrons. The van der Waals surface area contributed by atoms with Gasteiger partial charge in [0.2, 0.25) is 0 Å². The Bertz CT molecular complexity index is 649. The summed E-state index contributed by atoms with van der Waals surface area (Å²) in [5.74, 6) is 0.836.